The van der Waals surface area contributed by atoms with Crippen LogP contribution in [0.25, 0.3) is 0 Å². The number of rotatable bonds is 5. The SMILES string of the molecule is Cc1nc(Nc2nncs2)cc(C2CCCN2S(=O)(=O)N(C)C)n1. The van der Waals surface area contributed by atoms with E-state index in [2.05, 4.69) is 25.5 Å². The van der Waals surface area contributed by atoms with E-state index < -0.39 is 10.2 Å². The van der Waals surface area contributed by atoms with E-state index in [9.17, 15) is 8.42 Å². The van der Waals surface area contributed by atoms with Crippen LogP contribution in [0.3, 0.4) is 0 Å². The first-order chi connectivity index (χ1) is 11.4. The summed E-state index contributed by atoms with van der Waals surface area (Å²) >= 11 is 1.36. The van der Waals surface area contributed by atoms with E-state index in [4.69, 9.17) is 0 Å². The zero-order valence-corrected chi connectivity index (χ0v) is 15.3. The first-order valence-electron chi connectivity index (χ1n) is 7.46. The van der Waals surface area contributed by atoms with Crippen molar-refractivity contribution in [2.45, 2.75) is 25.8 Å². The predicted molar refractivity (Wildman–Crippen MR) is 91.2 cm³/mol. The normalized spacial score (nSPS) is 19.1. The first kappa shape index (κ1) is 17.1. The third-order valence-corrected chi connectivity index (χ3v) is 6.31. The van der Waals surface area contributed by atoms with Gasteiger partial charge in [-0.05, 0) is 19.8 Å². The third kappa shape index (κ3) is 3.38. The Morgan fingerprint density at radius 2 is 2.17 bits per heavy atom. The first-order valence-corrected chi connectivity index (χ1v) is 9.73. The summed E-state index contributed by atoms with van der Waals surface area (Å²) in [6.45, 7) is 2.28. The van der Waals surface area contributed by atoms with Crippen LogP contribution in [-0.2, 0) is 10.2 Å². The number of nitrogens with one attached hydrogen (secondary N) is 1. The van der Waals surface area contributed by atoms with Crippen molar-refractivity contribution in [3.05, 3.63) is 23.1 Å². The molecule has 24 heavy (non-hydrogen) atoms. The van der Waals surface area contributed by atoms with Crippen molar-refractivity contribution >= 4 is 32.5 Å². The summed E-state index contributed by atoms with van der Waals surface area (Å²) in [4.78, 5) is 8.80. The maximum Gasteiger partial charge on any atom is 0.282 e. The highest BCUT2D eigenvalue weighted by atomic mass is 32.2. The second kappa shape index (κ2) is 6.67. The van der Waals surface area contributed by atoms with Crippen LogP contribution in [0.5, 0.6) is 0 Å². The van der Waals surface area contributed by atoms with Crippen LogP contribution >= 0.6 is 11.3 Å². The van der Waals surface area contributed by atoms with Gasteiger partial charge in [0.1, 0.15) is 17.2 Å². The molecule has 2 aromatic heterocycles. The molecule has 1 aliphatic rings. The summed E-state index contributed by atoms with van der Waals surface area (Å²) in [7, 11) is -0.404. The zero-order valence-electron chi connectivity index (χ0n) is 13.7. The molecule has 1 atom stereocenters. The van der Waals surface area contributed by atoms with E-state index in [1.54, 1.807) is 32.6 Å². The summed E-state index contributed by atoms with van der Waals surface area (Å²) < 4.78 is 27.8. The molecule has 130 valence electrons. The highest BCUT2D eigenvalue weighted by Crippen LogP contribution is 2.34. The van der Waals surface area contributed by atoms with Gasteiger partial charge in [-0.1, -0.05) is 11.3 Å². The number of hydrogen-bond acceptors (Lipinski definition) is 8. The molecule has 0 amide bonds. The molecule has 11 heteroatoms. The number of anilines is 2. The van der Waals surface area contributed by atoms with E-state index in [1.807, 2.05) is 0 Å². The fourth-order valence-corrected chi connectivity index (χ4v) is 4.45. The lowest BCUT2D eigenvalue weighted by molar-refractivity contribution is 0.357. The molecule has 0 bridgehead atoms. The molecule has 3 heterocycles. The van der Waals surface area contributed by atoms with Gasteiger partial charge in [0.2, 0.25) is 5.13 Å². The Balaban J connectivity index is 1.92. The van der Waals surface area contributed by atoms with Crippen LogP contribution in [0.1, 0.15) is 30.4 Å². The lowest BCUT2D eigenvalue weighted by Crippen LogP contribution is -2.39. The Morgan fingerprint density at radius 1 is 1.38 bits per heavy atom. The molecule has 9 nitrogen and oxygen atoms in total. The molecule has 1 unspecified atom stereocenters. The van der Waals surface area contributed by atoms with Crippen molar-refractivity contribution in [2.75, 3.05) is 26.0 Å². The molecule has 1 fully saturated rings. The van der Waals surface area contributed by atoms with E-state index in [1.165, 1.54) is 19.9 Å². The lowest BCUT2D eigenvalue weighted by Gasteiger charge is -2.26. The largest absolute Gasteiger partial charge is 0.315 e. The average molecular weight is 369 g/mol. The van der Waals surface area contributed by atoms with Crippen molar-refractivity contribution in [1.82, 2.24) is 28.8 Å². The molecule has 0 radical (unpaired) electrons. The van der Waals surface area contributed by atoms with Crippen LogP contribution in [0.2, 0.25) is 0 Å². The fourth-order valence-electron chi connectivity index (χ4n) is 2.68. The molecular formula is C13H19N7O2S2. The summed E-state index contributed by atoms with van der Waals surface area (Å²) in [6, 6.07) is 1.50. The lowest BCUT2D eigenvalue weighted by atomic mass is 10.1. The second-order valence-electron chi connectivity index (χ2n) is 5.65. The fraction of sp³-hybridized carbons (Fsp3) is 0.538. The van der Waals surface area contributed by atoms with Gasteiger partial charge >= 0.3 is 0 Å². The van der Waals surface area contributed by atoms with Gasteiger partial charge < -0.3 is 5.32 Å². The van der Waals surface area contributed by atoms with Crippen molar-refractivity contribution in [3.8, 4) is 0 Å². The molecule has 0 aliphatic carbocycles. The Labute approximate surface area is 144 Å². The summed E-state index contributed by atoms with van der Waals surface area (Å²) in [5.41, 5.74) is 2.32. The maximum absolute atomic E-state index is 12.5. The van der Waals surface area contributed by atoms with E-state index >= 15 is 0 Å². The van der Waals surface area contributed by atoms with Gasteiger partial charge in [0.25, 0.3) is 10.2 Å². The Morgan fingerprint density at radius 3 is 2.83 bits per heavy atom. The smallest absolute Gasteiger partial charge is 0.282 e. The van der Waals surface area contributed by atoms with Gasteiger partial charge in [0, 0.05) is 26.7 Å². The highest BCUT2D eigenvalue weighted by Gasteiger charge is 2.37. The van der Waals surface area contributed by atoms with Gasteiger partial charge in [-0.2, -0.15) is 17.0 Å². The Bertz CT molecular complexity index is 808. The molecule has 1 aliphatic heterocycles. The van der Waals surface area contributed by atoms with E-state index in [0.717, 1.165) is 12.8 Å². The highest BCUT2D eigenvalue weighted by molar-refractivity contribution is 7.86. The van der Waals surface area contributed by atoms with Crippen molar-refractivity contribution in [1.29, 1.82) is 0 Å². The van der Waals surface area contributed by atoms with Crippen LogP contribution in [0, 0.1) is 6.92 Å². The standard InChI is InChI=1S/C13H19N7O2S2/c1-9-15-10(7-12(16-9)17-13-18-14-8-23-13)11-5-4-6-20(11)24(21,22)19(2)3/h7-8,11H,4-6H2,1-3H3,(H,15,16,17,18). The monoisotopic (exact) mass is 369 g/mol. The molecule has 2 aromatic rings. The van der Waals surface area contributed by atoms with E-state index in [0.29, 0.717) is 29.0 Å². The minimum absolute atomic E-state index is 0.283. The van der Waals surface area contributed by atoms with Crippen molar-refractivity contribution in [3.63, 3.8) is 0 Å². The zero-order chi connectivity index (χ0) is 17.3. The van der Waals surface area contributed by atoms with Crippen LogP contribution in [-0.4, -0.2) is 57.8 Å². The molecule has 1 N–H and O–H groups in total. The third-order valence-electron chi connectivity index (χ3n) is 3.76. The summed E-state index contributed by atoms with van der Waals surface area (Å²) in [5.74, 6) is 1.16. The van der Waals surface area contributed by atoms with Gasteiger partial charge in [0.15, 0.2) is 0 Å². The minimum Gasteiger partial charge on any atom is -0.315 e. The Kier molecular flexibility index (Phi) is 4.76. The van der Waals surface area contributed by atoms with Gasteiger partial charge in [0.05, 0.1) is 11.7 Å². The van der Waals surface area contributed by atoms with Gasteiger partial charge in [-0.25, -0.2) is 9.97 Å². The Hall–Kier alpha value is -1.69. The van der Waals surface area contributed by atoms with E-state index in [-0.39, 0.29) is 6.04 Å². The summed E-state index contributed by atoms with van der Waals surface area (Å²) in [5, 5.41) is 11.4. The predicted octanol–water partition coefficient (Wildman–Crippen LogP) is 1.32. The second-order valence-corrected chi connectivity index (χ2v) is 8.58. The van der Waals surface area contributed by atoms with Crippen molar-refractivity contribution < 1.29 is 8.42 Å². The number of aromatic nitrogens is 4. The molecular weight excluding hydrogens is 350 g/mol. The maximum atomic E-state index is 12.5. The molecule has 0 saturated carbocycles. The summed E-state index contributed by atoms with van der Waals surface area (Å²) in [6.07, 6.45) is 1.54. The van der Waals surface area contributed by atoms with Gasteiger partial charge in [-0.15, -0.1) is 10.2 Å². The molecule has 1 saturated heterocycles. The van der Waals surface area contributed by atoms with Crippen LogP contribution < -0.4 is 5.32 Å². The quantitative estimate of drug-likeness (QED) is 0.847. The molecule has 0 aromatic carbocycles. The minimum atomic E-state index is -3.48. The topological polar surface area (TPSA) is 104 Å². The van der Waals surface area contributed by atoms with Gasteiger partial charge in [-0.3, -0.25) is 0 Å². The number of aryl methyl sites for hydroxylation is 1. The number of nitrogens with zero attached hydrogens (tertiary/aromatic N) is 6. The van der Waals surface area contributed by atoms with Crippen molar-refractivity contribution in [2.24, 2.45) is 0 Å². The average Bonchev–Trinajstić information content (AvgIpc) is 3.17. The molecule has 0 spiro atoms. The molecule has 3 rings (SSSR count). The van der Waals surface area contributed by atoms with Crippen LogP contribution in [0.4, 0.5) is 10.9 Å². The van der Waals surface area contributed by atoms with Crippen LogP contribution in [0.15, 0.2) is 11.6 Å². The number of hydrogen-bond donors (Lipinski definition) is 1.